The van der Waals surface area contributed by atoms with Gasteiger partial charge in [-0.05, 0) is 36.8 Å². The van der Waals surface area contributed by atoms with E-state index in [9.17, 15) is 14.9 Å². The number of likely N-dealkylation sites (tertiary alicyclic amines) is 1. The molecule has 0 bridgehead atoms. The first-order valence-corrected chi connectivity index (χ1v) is 9.46. The summed E-state index contributed by atoms with van der Waals surface area (Å²) in [6.45, 7) is 8.08. The number of nitrogens with one attached hydrogen (secondary N) is 2. The topological polar surface area (TPSA) is 85.2 Å². The van der Waals surface area contributed by atoms with Crippen LogP contribution in [0.1, 0.15) is 50.2 Å². The van der Waals surface area contributed by atoms with Gasteiger partial charge in [0.15, 0.2) is 0 Å². The highest BCUT2D eigenvalue weighted by atomic mass is 16.2. The molecule has 0 spiro atoms. The molecule has 2 amide bonds. The van der Waals surface area contributed by atoms with Crippen molar-refractivity contribution in [2.45, 2.75) is 46.0 Å². The summed E-state index contributed by atoms with van der Waals surface area (Å²) in [4.78, 5) is 25.6. The van der Waals surface area contributed by atoms with Gasteiger partial charge in [-0.25, -0.2) is 0 Å². The molecule has 6 nitrogen and oxygen atoms in total. The van der Waals surface area contributed by atoms with Crippen molar-refractivity contribution in [3.63, 3.8) is 0 Å². The van der Waals surface area contributed by atoms with Crippen LogP contribution in [0.15, 0.2) is 30.0 Å². The predicted molar refractivity (Wildman–Crippen MR) is 106 cm³/mol. The van der Waals surface area contributed by atoms with E-state index in [-0.39, 0.29) is 11.5 Å². The molecule has 0 aromatic heterocycles. The second kappa shape index (κ2) is 9.77. The van der Waals surface area contributed by atoms with Crippen molar-refractivity contribution in [3.05, 3.63) is 41.1 Å². The van der Waals surface area contributed by atoms with Crippen LogP contribution in [0.25, 0.3) is 0 Å². The Kier molecular flexibility index (Phi) is 7.42. The Morgan fingerprint density at radius 2 is 2.19 bits per heavy atom. The first-order valence-electron chi connectivity index (χ1n) is 9.46. The van der Waals surface area contributed by atoms with Crippen molar-refractivity contribution >= 4 is 17.5 Å². The SMILES string of the molecule is Cc1cccc(C(C)C)c1N/C=C(/C#N)C(=O)NCCCN1CCCC1=O. The van der Waals surface area contributed by atoms with E-state index in [0.717, 1.165) is 29.8 Å². The van der Waals surface area contributed by atoms with Crippen LogP contribution >= 0.6 is 0 Å². The maximum atomic E-state index is 12.2. The van der Waals surface area contributed by atoms with Crippen LogP contribution in [0.4, 0.5) is 5.69 Å². The van der Waals surface area contributed by atoms with Gasteiger partial charge in [0.2, 0.25) is 5.91 Å². The minimum atomic E-state index is -0.405. The number of benzene rings is 1. The fourth-order valence-electron chi connectivity index (χ4n) is 3.17. The number of amides is 2. The lowest BCUT2D eigenvalue weighted by Crippen LogP contribution is -2.31. The summed E-state index contributed by atoms with van der Waals surface area (Å²) < 4.78 is 0. The standard InChI is InChI=1S/C21H28N4O2/c1-15(2)18-8-4-7-16(3)20(18)24-14-17(13-22)21(27)23-10-6-12-25-11-5-9-19(25)26/h4,7-8,14-15,24H,5-6,9-12H2,1-3H3,(H,23,27)/b17-14-. The molecule has 1 saturated heterocycles. The average Bonchev–Trinajstić information content (AvgIpc) is 3.05. The molecular weight excluding hydrogens is 340 g/mol. The fourth-order valence-corrected chi connectivity index (χ4v) is 3.17. The Morgan fingerprint density at radius 3 is 2.81 bits per heavy atom. The third kappa shape index (κ3) is 5.58. The van der Waals surface area contributed by atoms with Crippen LogP contribution < -0.4 is 10.6 Å². The van der Waals surface area contributed by atoms with Crippen LogP contribution in [-0.4, -0.2) is 36.3 Å². The van der Waals surface area contributed by atoms with Gasteiger partial charge in [0, 0.05) is 37.9 Å². The molecule has 0 saturated carbocycles. The summed E-state index contributed by atoms with van der Waals surface area (Å²) in [6, 6.07) is 7.99. The van der Waals surface area contributed by atoms with Crippen LogP contribution in [0.2, 0.25) is 0 Å². The fraction of sp³-hybridized carbons (Fsp3) is 0.476. The number of carbonyl (C=O) groups is 2. The molecule has 0 atom stereocenters. The number of nitrogens with zero attached hydrogens (tertiary/aromatic N) is 2. The second-order valence-corrected chi connectivity index (χ2v) is 7.10. The number of rotatable bonds is 8. The predicted octanol–water partition coefficient (Wildman–Crippen LogP) is 3.07. The lowest BCUT2D eigenvalue weighted by Gasteiger charge is -2.16. The summed E-state index contributed by atoms with van der Waals surface area (Å²) in [6.07, 6.45) is 3.68. The Morgan fingerprint density at radius 1 is 1.41 bits per heavy atom. The first kappa shape index (κ1) is 20.5. The minimum Gasteiger partial charge on any atom is -0.360 e. The molecule has 2 rings (SSSR count). The molecule has 27 heavy (non-hydrogen) atoms. The van der Waals surface area contributed by atoms with Crippen molar-refractivity contribution in [2.24, 2.45) is 0 Å². The van der Waals surface area contributed by atoms with E-state index in [1.807, 2.05) is 36.1 Å². The molecule has 0 radical (unpaired) electrons. The van der Waals surface area contributed by atoms with E-state index in [0.29, 0.717) is 31.8 Å². The Hall–Kier alpha value is -2.81. The quantitative estimate of drug-likeness (QED) is 0.419. The molecule has 1 aromatic carbocycles. The lowest BCUT2D eigenvalue weighted by atomic mass is 9.98. The summed E-state index contributed by atoms with van der Waals surface area (Å²) in [5, 5.41) is 15.2. The number of aryl methyl sites for hydroxylation is 1. The van der Waals surface area contributed by atoms with Crippen LogP contribution in [-0.2, 0) is 9.59 Å². The zero-order valence-corrected chi connectivity index (χ0v) is 16.3. The normalized spacial score (nSPS) is 14.4. The van der Waals surface area contributed by atoms with Gasteiger partial charge >= 0.3 is 0 Å². The largest absolute Gasteiger partial charge is 0.360 e. The molecule has 144 valence electrons. The molecule has 0 aliphatic carbocycles. The summed E-state index contributed by atoms with van der Waals surface area (Å²) in [5.74, 6) is 0.105. The van der Waals surface area contributed by atoms with E-state index < -0.39 is 5.91 Å². The molecule has 1 aliphatic rings. The number of anilines is 1. The highest BCUT2D eigenvalue weighted by Gasteiger charge is 2.19. The molecule has 1 aliphatic heterocycles. The molecular formula is C21H28N4O2. The third-order valence-electron chi connectivity index (χ3n) is 4.71. The zero-order valence-electron chi connectivity index (χ0n) is 16.3. The van der Waals surface area contributed by atoms with Crippen molar-refractivity contribution in [2.75, 3.05) is 25.0 Å². The van der Waals surface area contributed by atoms with E-state index in [1.54, 1.807) is 0 Å². The maximum Gasteiger partial charge on any atom is 0.263 e. The molecule has 6 heteroatoms. The Labute approximate surface area is 161 Å². The highest BCUT2D eigenvalue weighted by molar-refractivity contribution is 5.97. The van der Waals surface area contributed by atoms with Gasteiger partial charge < -0.3 is 15.5 Å². The van der Waals surface area contributed by atoms with E-state index in [4.69, 9.17) is 0 Å². The van der Waals surface area contributed by atoms with Crippen molar-refractivity contribution < 1.29 is 9.59 Å². The number of hydrogen-bond acceptors (Lipinski definition) is 4. The number of carbonyl (C=O) groups excluding carboxylic acids is 2. The van der Waals surface area contributed by atoms with E-state index >= 15 is 0 Å². The van der Waals surface area contributed by atoms with Crippen molar-refractivity contribution in [1.29, 1.82) is 5.26 Å². The third-order valence-corrected chi connectivity index (χ3v) is 4.71. The monoisotopic (exact) mass is 368 g/mol. The molecule has 0 unspecified atom stereocenters. The number of hydrogen-bond donors (Lipinski definition) is 2. The number of para-hydroxylation sites is 1. The summed E-state index contributed by atoms with van der Waals surface area (Å²) in [5.41, 5.74) is 3.16. The van der Waals surface area contributed by atoms with Crippen LogP contribution in [0.5, 0.6) is 0 Å². The molecule has 1 heterocycles. The average molecular weight is 368 g/mol. The van der Waals surface area contributed by atoms with Gasteiger partial charge in [0.05, 0.1) is 0 Å². The van der Waals surface area contributed by atoms with Gasteiger partial charge in [-0.2, -0.15) is 5.26 Å². The maximum absolute atomic E-state index is 12.2. The van der Waals surface area contributed by atoms with Crippen LogP contribution in [0.3, 0.4) is 0 Å². The Bertz CT molecular complexity index is 762. The van der Waals surface area contributed by atoms with Crippen LogP contribution in [0, 0.1) is 18.3 Å². The second-order valence-electron chi connectivity index (χ2n) is 7.10. The van der Waals surface area contributed by atoms with Gasteiger partial charge in [-0.3, -0.25) is 9.59 Å². The van der Waals surface area contributed by atoms with Crippen molar-refractivity contribution in [1.82, 2.24) is 10.2 Å². The summed E-state index contributed by atoms with van der Waals surface area (Å²) in [7, 11) is 0. The Balaban J connectivity index is 1.91. The van der Waals surface area contributed by atoms with E-state index in [1.165, 1.54) is 6.20 Å². The summed E-state index contributed by atoms with van der Waals surface area (Å²) >= 11 is 0. The zero-order chi connectivity index (χ0) is 19.8. The van der Waals surface area contributed by atoms with E-state index in [2.05, 4.69) is 24.5 Å². The minimum absolute atomic E-state index is 0.0326. The first-order chi connectivity index (χ1) is 12.9. The highest BCUT2D eigenvalue weighted by Crippen LogP contribution is 2.27. The number of nitriles is 1. The molecule has 1 fully saturated rings. The van der Waals surface area contributed by atoms with Crippen molar-refractivity contribution in [3.8, 4) is 6.07 Å². The van der Waals surface area contributed by atoms with Gasteiger partial charge in [-0.1, -0.05) is 32.0 Å². The van der Waals surface area contributed by atoms with Gasteiger partial charge in [0.25, 0.3) is 5.91 Å². The van der Waals surface area contributed by atoms with Gasteiger partial charge in [-0.15, -0.1) is 0 Å². The lowest BCUT2D eigenvalue weighted by molar-refractivity contribution is -0.127. The van der Waals surface area contributed by atoms with Gasteiger partial charge in [0.1, 0.15) is 11.6 Å². The smallest absolute Gasteiger partial charge is 0.263 e. The molecule has 2 N–H and O–H groups in total. The molecule has 1 aromatic rings.